The minimum absolute atomic E-state index is 0.104. The Hall–Kier alpha value is -1.30. The first-order valence-corrected chi connectivity index (χ1v) is 5.99. The summed E-state index contributed by atoms with van der Waals surface area (Å²) in [6, 6.07) is 5.47. The highest BCUT2D eigenvalue weighted by Crippen LogP contribution is 2.31. The lowest BCUT2D eigenvalue weighted by atomic mass is 10.1. The Morgan fingerprint density at radius 2 is 2.22 bits per heavy atom. The summed E-state index contributed by atoms with van der Waals surface area (Å²) >= 11 is 0. The van der Waals surface area contributed by atoms with E-state index in [2.05, 4.69) is 5.32 Å². The number of nitrogens with one attached hydrogen (secondary N) is 1. The van der Waals surface area contributed by atoms with Crippen molar-refractivity contribution in [3.8, 4) is 11.5 Å². The number of aliphatic hydroxyl groups excluding tert-OH is 1. The molecule has 1 aliphatic rings. The van der Waals surface area contributed by atoms with Gasteiger partial charge < -0.3 is 24.6 Å². The number of benzene rings is 1. The molecule has 0 bridgehead atoms. The van der Waals surface area contributed by atoms with Crippen molar-refractivity contribution < 1.29 is 19.3 Å². The van der Waals surface area contributed by atoms with Gasteiger partial charge in [-0.2, -0.15) is 0 Å². The maximum atomic E-state index is 9.89. The van der Waals surface area contributed by atoms with Gasteiger partial charge in [0.1, 0.15) is 6.10 Å². The molecule has 2 N–H and O–H groups in total. The van der Waals surface area contributed by atoms with Gasteiger partial charge in [0.15, 0.2) is 11.5 Å². The van der Waals surface area contributed by atoms with Crippen molar-refractivity contribution in [2.45, 2.75) is 12.2 Å². The molecule has 0 spiro atoms. The van der Waals surface area contributed by atoms with Crippen LogP contribution in [0.1, 0.15) is 11.7 Å². The van der Waals surface area contributed by atoms with E-state index in [9.17, 15) is 5.11 Å². The Bertz CT molecular complexity index is 393. The van der Waals surface area contributed by atoms with Crippen LogP contribution in [0.25, 0.3) is 0 Å². The van der Waals surface area contributed by atoms with Crippen LogP contribution in [-0.4, -0.2) is 45.1 Å². The highest BCUT2D eigenvalue weighted by atomic mass is 16.6. The average Bonchev–Trinajstić information content (AvgIpc) is 2.34. The first-order chi connectivity index (χ1) is 8.74. The second-order valence-electron chi connectivity index (χ2n) is 4.26. The molecule has 1 fully saturated rings. The summed E-state index contributed by atoms with van der Waals surface area (Å²) in [5.74, 6) is 1.32. The first-order valence-electron chi connectivity index (χ1n) is 5.99. The molecular weight excluding hydrogens is 234 g/mol. The Kier molecular flexibility index (Phi) is 4.41. The number of ether oxygens (including phenoxy) is 3. The monoisotopic (exact) mass is 253 g/mol. The van der Waals surface area contributed by atoms with E-state index in [1.54, 1.807) is 20.2 Å². The molecule has 5 heteroatoms. The fourth-order valence-electron chi connectivity index (χ4n) is 1.76. The molecule has 1 aromatic rings. The van der Waals surface area contributed by atoms with Crippen molar-refractivity contribution in [3.63, 3.8) is 0 Å². The summed E-state index contributed by atoms with van der Waals surface area (Å²) in [6.07, 6.45) is -0.447. The lowest BCUT2D eigenvalue weighted by Gasteiger charge is -2.27. The van der Waals surface area contributed by atoms with Crippen LogP contribution in [0.2, 0.25) is 0 Å². The maximum absolute atomic E-state index is 9.89. The van der Waals surface area contributed by atoms with Gasteiger partial charge in [0.25, 0.3) is 0 Å². The highest BCUT2D eigenvalue weighted by Gasteiger charge is 2.22. The standard InChI is InChI=1S/C13H19NO4/c1-14-6-11(15)9-3-4-12(13(5-9)16-2)18-10-7-17-8-10/h3-5,10-11,14-15H,6-8H2,1-2H3. The van der Waals surface area contributed by atoms with Crippen LogP contribution >= 0.6 is 0 Å². The predicted molar refractivity (Wildman–Crippen MR) is 67.1 cm³/mol. The van der Waals surface area contributed by atoms with Gasteiger partial charge in [0.2, 0.25) is 0 Å². The molecule has 1 atom stereocenters. The summed E-state index contributed by atoms with van der Waals surface area (Å²) in [5, 5.41) is 12.8. The fraction of sp³-hybridized carbons (Fsp3) is 0.538. The molecule has 0 radical (unpaired) electrons. The average molecular weight is 253 g/mol. The highest BCUT2D eigenvalue weighted by molar-refractivity contribution is 5.43. The number of hydrogen-bond donors (Lipinski definition) is 2. The topological polar surface area (TPSA) is 60.0 Å². The zero-order valence-electron chi connectivity index (χ0n) is 10.7. The van der Waals surface area contributed by atoms with E-state index in [0.29, 0.717) is 31.3 Å². The van der Waals surface area contributed by atoms with Gasteiger partial charge >= 0.3 is 0 Å². The first kappa shape index (κ1) is 13.1. The third-order valence-electron chi connectivity index (χ3n) is 2.87. The number of hydrogen-bond acceptors (Lipinski definition) is 5. The van der Waals surface area contributed by atoms with E-state index in [1.165, 1.54) is 0 Å². The lowest BCUT2D eigenvalue weighted by Crippen LogP contribution is -2.38. The molecule has 1 aliphatic heterocycles. The second kappa shape index (κ2) is 6.04. The molecule has 5 nitrogen and oxygen atoms in total. The largest absolute Gasteiger partial charge is 0.493 e. The van der Waals surface area contributed by atoms with Crippen LogP contribution in [0.5, 0.6) is 11.5 Å². The van der Waals surface area contributed by atoms with Crippen LogP contribution in [0.15, 0.2) is 18.2 Å². The van der Waals surface area contributed by atoms with E-state index in [1.807, 2.05) is 12.1 Å². The van der Waals surface area contributed by atoms with Gasteiger partial charge in [-0.3, -0.25) is 0 Å². The Morgan fingerprint density at radius 3 is 2.78 bits per heavy atom. The van der Waals surface area contributed by atoms with E-state index >= 15 is 0 Å². The van der Waals surface area contributed by atoms with Gasteiger partial charge in [0, 0.05) is 6.54 Å². The molecule has 1 saturated heterocycles. The van der Waals surface area contributed by atoms with Crippen LogP contribution in [0.4, 0.5) is 0 Å². The molecule has 1 heterocycles. The Labute approximate surface area is 107 Å². The molecule has 0 aromatic heterocycles. The molecule has 0 aliphatic carbocycles. The molecule has 1 unspecified atom stereocenters. The molecular formula is C13H19NO4. The third kappa shape index (κ3) is 2.93. The fourth-order valence-corrected chi connectivity index (χ4v) is 1.76. The molecule has 0 amide bonds. The Morgan fingerprint density at radius 1 is 1.44 bits per heavy atom. The molecule has 18 heavy (non-hydrogen) atoms. The third-order valence-corrected chi connectivity index (χ3v) is 2.87. The number of rotatable bonds is 6. The van der Waals surface area contributed by atoms with Crippen molar-refractivity contribution in [2.75, 3.05) is 33.9 Å². The minimum atomic E-state index is -0.551. The number of methoxy groups -OCH3 is 1. The van der Waals surface area contributed by atoms with Gasteiger partial charge in [0.05, 0.1) is 26.4 Å². The van der Waals surface area contributed by atoms with Crippen molar-refractivity contribution in [2.24, 2.45) is 0 Å². The normalized spacial score (nSPS) is 17.1. The van der Waals surface area contributed by atoms with Crippen LogP contribution in [0.3, 0.4) is 0 Å². The summed E-state index contributed by atoms with van der Waals surface area (Å²) in [5.41, 5.74) is 0.804. The molecule has 1 aromatic carbocycles. The van der Waals surface area contributed by atoms with E-state index < -0.39 is 6.10 Å². The number of likely N-dealkylation sites (N-methyl/N-ethyl adjacent to an activating group) is 1. The van der Waals surface area contributed by atoms with Gasteiger partial charge in [-0.1, -0.05) is 6.07 Å². The zero-order valence-corrected chi connectivity index (χ0v) is 10.7. The minimum Gasteiger partial charge on any atom is -0.493 e. The quantitative estimate of drug-likeness (QED) is 0.782. The van der Waals surface area contributed by atoms with Gasteiger partial charge in [-0.25, -0.2) is 0 Å². The summed E-state index contributed by atoms with van der Waals surface area (Å²) in [7, 11) is 3.39. The van der Waals surface area contributed by atoms with E-state index in [-0.39, 0.29) is 6.10 Å². The smallest absolute Gasteiger partial charge is 0.161 e. The van der Waals surface area contributed by atoms with E-state index in [4.69, 9.17) is 14.2 Å². The summed E-state index contributed by atoms with van der Waals surface area (Å²) in [6.45, 7) is 1.74. The lowest BCUT2D eigenvalue weighted by molar-refractivity contribution is -0.0803. The zero-order chi connectivity index (χ0) is 13.0. The number of aliphatic hydroxyl groups is 1. The van der Waals surface area contributed by atoms with Gasteiger partial charge in [-0.05, 0) is 24.7 Å². The van der Waals surface area contributed by atoms with Crippen molar-refractivity contribution in [3.05, 3.63) is 23.8 Å². The summed E-state index contributed by atoms with van der Waals surface area (Å²) < 4.78 is 16.1. The molecule has 100 valence electrons. The molecule has 0 saturated carbocycles. The van der Waals surface area contributed by atoms with Crippen molar-refractivity contribution in [1.29, 1.82) is 0 Å². The van der Waals surface area contributed by atoms with Gasteiger partial charge in [-0.15, -0.1) is 0 Å². The van der Waals surface area contributed by atoms with E-state index in [0.717, 1.165) is 5.56 Å². The molecule has 2 rings (SSSR count). The van der Waals surface area contributed by atoms with Crippen molar-refractivity contribution in [1.82, 2.24) is 5.32 Å². The van der Waals surface area contributed by atoms with Crippen molar-refractivity contribution >= 4 is 0 Å². The Balaban J connectivity index is 2.11. The predicted octanol–water partition coefficient (Wildman–Crippen LogP) is 0.726. The SMILES string of the molecule is CNCC(O)c1ccc(OC2COC2)c(OC)c1. The van der Waals surface area contributed by atoms with Crippen LogP contribution < -0.4 is 14.8 Å². The maximum Gasteiger partial charge on any atom is 0.161 e. The van der Waals surface area contributed by atoms with Crippen LogP contribution in [0, 0.1) is 0 Å². The van der Waals surface area contributed by atoms with Crippen LogP contribution in [-0.2, 0) is 4.74 Å². The second-order valence-corrected chi connectivity index (χ2v) is 4.26. The summed E-state index contributed by atoms with van der Waals surface area (Å²) in [4.78, 5) is 0.